The van der Waals surface area contributed by atoms with Crippen LogP contribution in [0.25, 0.3) is 11.4 Å². The van der Waals surface area contributed by atoms with E-state index < -0.39 is 5.54 Å². The van der Waals surface area contributed by atoms with E-state index >= 15 is 0 Å². The lowest BCUT2D eigenvalue weighted by Gasteiger charge is -2.17. The molecule has 1 saturated carbocycles. The van der Waals surface area contributed by atoms with E-state index in [1.807, 2.05) is 13.0 Å². The Hall–Kier alpha value is -2.87. The van der Waals surface area contributed by atoms with Gasteiger partial charge in [-0.05, 0) is 38.3 Å². The molecule has 0 unspecified atom stereocenters. The van der Waals surface area contributed by atoms with Gasteiger partial charge in [-0.2, -0.15) is 4.98 Å². The van der Waals surface area contributed by atoms with Gasteiger partial charge in [-0.25, -0.2) is 4.98 Å². The highest BCUT2D eigenvalue weighted by Gasteiger charge is 2.35. The summed E-state index contributed by atoms with van der Waals surface area (Å²) in [5.74, 6) is 1.59. The second-order valence-electron chi connectivity index (χ2n) is 7.10. The molecule has 0 bridgehead atoms. The Balaban J connectivity index is 1.50. The van der Waals surface area contributed by atoms with Crippen LogP contribution in [0, 0.1) is 6.92 Å². The van der Waals surface area contributed by atoms with E-state index in [-0.39, 0.29) is 5.56 Å². The van der Waals surface area contributed by atoms with Crippen molar-refractivity contribution >= 4 is 0 Å². The number of H-pyrrole nitrogens is 1. The van der Waals surface area contributed by atoms with E-state index in [0.717, 1.165) is 31.2 Å². The Bertz CT molecular complexity index is 989. The largest absolute Gasteiger partial charge is 0.339 e. The fraction of sp³-hybridized carbons (Fsp3) is 0.421. The second-order valence-corrected chi connectivity index (χ2v) is 7.10. The zero-order valence-corrected chi connectivity index (χ0v) is 15.2. The summed E-state index contributed by atoms with van der Waals surface area (Å²) >= 11 is 0. The van der Waals surface area contributed by atoms with Crippen LogP contribution in [0.15, 0.2) is 33.8 Å². The Morgan fingerprint density at radius 2 is 2.07 bits per heavy atom. The predicted octanol–water partition coefficient (Wildman–Crippen LogP) is 2.04. The molecule has 1 aliphatic carbocycles. The molecule has 3 N–H and O–H groups in total. The van der Waals surface area contributed by atoms with Gasteiger partial charge in [-0.3, -0.25) is 9.78 Å². The molecule has 3 aromatic heterocycles. The van der Waals surface area contributed by atoms with Gasteiger partial charge in [0.05, 0.1) is 5.54 Å². The number of aromatic nitrogens is 5. The molecule has 8 heteroatoms. The first kappa shape index (κ1) is 17.5. The third kappa shape index (κ3) is 3.52. The number of hydrogen-bond donors (Lipinski definition) is 2. The molecule has 0 radical (unpaired) electrons. The highest BCUT2D eigenvalue weighted by atomic mass is 16.5. The SMILES string of the molecule is Cc1nc(-c2cccnc2)[nH]c(=O)c1CCc1nc(C2(N)CCCC2)no1. The maximum Gasteiger partial charge on any atom is 0.254 e. The van der Waals surface area contributed by atoms with Crippen molar-refractivity contribution in [2.45, 2.75) is 51.0 Å². The molecule has 27 heavy (non-hydrogen) atoms. The molecule has 0 amide bonds. The molecule has 140 valence electrons. The lowest BCUT2D eigenvalue weighted by atomic mass is 9.99. The molecular formula is C19H22N6O2. The van der Waals surface area contributed by atoms with Crippen LogP contribution in [0.3, 0.4) is 0 Å². The van der Waals surface area contributed by atoms with Crippen LogP contribution in [0.2, 0.25) is 0 Å². The van der Waals surface area contributed by atoms with Crippen molar-refractivity contribution in [2.75, 3.05) is 0 Å². The summed E-state index contributed by atoms with van der Waals surface area (Å²) in [4.78, 5) is 28.4. The van der Waals surface area contributed by atoms with Crippen molar-refractivity contribution in [3.63, 3.8) is 0 Å². The van der Waals surface area contributed by atoms with Crippen LogP contribution in [0.4, 0.5) is 0 Å². The zero-order chi connectivity index (χ0) is 18.9. The predicted molar refractivity (Wildman–Crippen MR) is 98.9 cm³/mol. The standard InChI is InChI=1S/C19H22N6O2/c1-12-14(17(26)24-16(22-12)13-5-4-10-21-11-13)6-7-15-23-18(25-27-15)19(20)8-2-3-9-19/h4-5,10-11H,2-3,6-9,20H2,1H3,(H,22,24,26). The lowest BCUT2D eigenvalue weighted by molar-refractivity contribution is 0.348. The van der Waals surface area contributed by atoms with E-state index in [1.54, 1.807) is 18.5 Å². The summed E-state index contributed by atoms with van der Waals surface area (Å²) in [6.45, 7) is 1.83. The van der Waals surface area contributed by atoms with Crippen LogP contribution >= 0.6 is 0 Å². The Labute approximate surface area is 156 Å². The van der Waals surface area contributed by atoms with Gasteiger partial charge in [-0.15, -0.1) is 0 Å². The van der Waals surface area contributed by atoms with Crippen molar-refractivity contribution in [3.8, 4) is 11.4 Å². The Kier molecular flexibility index (Phi) is 4.57. The molecule has 4 rings (SSSR count). The van der Waals surface area contributed by atoms with Crippen LogP contribution in [-0.4, -0.2) is 25.1 Å². The third-order valence-corrected chi connectivity index (χ3v) is 5.16. The van der Waals surface area contributed by atoms with Crippen molar-refractivity contribution in [1.29, 1.82) is 0 Å². The first-order valence-electron chi connectivity index (χ1n) is 9.17. The fourth-order valence-electron chi connectivity index (χ4n) is 3.56. The van der Waals surface area contributed by atoms with Gasteiger partial charge in [0.2, 0.25) is 5.89 Å². The number of aryl methyl sites for hydroxylation is 2. The monoisotopic (exact) mass is 366 g/mol. The number of aromatic amines is 1. The number of nitrogens with zero attached hydrogens (tertiary/aromatic N) is 4. The first-order valence-corrected chi connectivity index (χ1v) is 9.17. The molecule has 1 aliphatic rings. The van der Waals surface area contributed by atoms with Gasteiger partial charge < -0.3 is 15.2 Å². The summed E-state index contributed by atoms with van der Waals surface area (Å²) in [5, 5.41) is 4.06. The van der Waals surface area contributed by atoms with Gasteiger partial charge in [0.15, 0.2) is 5.82 Å². The second kappa shape index (κ2) is 7.03. The molecule has 0 atom stereocenters. The van der Waals surface area contributed by atoms with E-state index in [2.05, 4.69) is 25.1 Å². The third-order valence-electron chi connectivity index (χ3n) is 5.16. The van der Waals surface area contributed by atoms with Crippen molar-refractivity contribution < 1.29 is 4.52 Å². The normalized spacial score (nSPS) is 15.9. The molecule has 0 spiro atoms. The molecule has 0 saturated heterocycles. The van der Waals surface area contributed by atoms with Gasteiger partial charge in [0.1, 0.15) is 5.82 Å². The highest BCUT2D eigenvalue weighted by Crippen LogP contribution is 2.34. The van der Waals surface area contributed by atoms with Crippen molar-refractivity contribution in [1.82, 2.24) is 25.1 Å². The fourth-order valence-corrected chi connectivity index (χ4v) is 3.56. The maximum atomic E-state index is 12.5. The molecule has 8 nitrogen and oxygen atoms in total. The summed E-state index contributed by atoms with van der Waals surface area (Å²) in [6.07, 6.45) is 8.23. The summed E-state index contributed by atoms with van der Waals surface area (Å²) < 4.78 is 5.35. The molecule has 0 aliphatic heterocycles. The average Bonchev–Trinajstić information content (AvgIpc) is 3.32. The average molecular weight is 366 g/mol. The molecule has 0 aromatic carbocycles. The first-order chi connectivity index (χ1) is 13.0. The molecular weight excluding hydrogens is 344 g/mol. The summed E-state index contributed by atoms with van der Waals surface area (Å²) in [5.41, 5.74) is 7.81. The number of nitrogens with two attached hydrogens (primary N) is 1. The van der Waals surface area contributed by atoms with Crippen molar-refractivity contribution in [3.05, 3.63) is 57.9 Å². The quantitative estimate of drug-likeness (QED) is 0.708. The van der Waals surface area contributed by atoms with Gasteiger partial charge >= 0.3 is 0 Å². The number of hydrogen-bond acceptors (Lipinski definition) is 7. The smallest absolute Gasteiger partial charge is 0.254 e. The van der Waals surface area contributed by atoms with E-state index in [1.165, 1.54) is 0 Å². The van der Waals surface area contributed by atoms with Crippen LogP contribution in [-0.2, 0) is 18.4 Å². The Morgan fingerprint density at radius 3 is 2.78 bits per heavy atom. The van der Waals surface area contributed by atoms with E-state index in [4.69, 9.17) is 10.3 Å². The minimum absolute atomic E-state index is 0.160. The van der Waals surface area contributed by atoms with Crippen molar-refractivity contribution in [2.24, 2.45) is 5.73 Å². The van der Waals surface area contributed by atoms with Gasteiger partial charge in [-0.1, -0.05) is 18.0 Å². The molecule has 3 aromatic rings. The summed E-state index contributed by atoms with van der Waals surface area (Å²) in [7, 11) is 0. The number of rotatable bonds is 5. The van der Waals surface area contributed by atoms with Crippen LogP contribution in [0.5, 0.6) is 0 Å². The zero-order valence-electron chi connectivity index (χ0n) is 15.2. The minimum Gasteiger partial charge on any atom is -0.339 e. The number of pyridine rings is 1. The van der Waals surface area contributed by atoms with Crippen LogP contribution in [0.1, 0.15) is 48.7 Å². The maximum absolute atomic E-state index is 12.5. The topological polar surface area (TPSA) is 124 Å². The van der Waals surface area contributed by atoms with E-state index in [0.29, 0.717) is 41.6 Å². The van der Waals surface area contributed by atoms with Gasteiger partial charge in [0, 0.05) is 35.6 Å². The summed E-state index contributed by atoms with van der Waals surface area (Å²) in [6, 6.07) is 3.66. The number of nitrogens with one attached hydrogen (secondary N) is 1. The van der Waals surface area contributed by atoms with Gasteiger partial charge in [0.25, 0.3) is 5.56 Å². The lowest BCUT2D eigenvalue weighted by Crippen LogP contribution is -2.34. The highest BCUT2D eigenvalue weighted by molar-refractivity contribution is 5.53. The Morgan fingerprint density at radius 1 is 1.26 bits per heavy atom. The van der Waals surface area contributed by atoms with Crippen LogP contribution < -0.4 is 11.3 Å². The molecule has 3 heterocycles. The molecule has 1 fully saturated rings. The van der Waals surface area contributed by atoms with E-state index in [9.17, 15) is 4.79 Å². The minimum atomic E-state index is -0.470.